The van der Waals surface area contributed by atoms with E-state index in [1.54, 1.807) is 30.2 Å². The van der Waals surface area contributed by atoms with Crippen LogP contribution in [0.1, 0.15) is 35.5 Å². The molecular weight excluding hydrogens is 443 g/mol. The minimum absolute atomic E-state index is 0.111. The fraction of sp³-hybridized carbons (Fsp3) is 0.440. The largest absolute Gasteiger partial charge is 0.383 e. The van der Waals surface area contributed by atoms with Crippen LogP contribution in [0.15, 0.2) is 29.8 Å². The van der Waals surface area contributed by atoms with E-state index in [1.807, 2.05) is 19.9 Å². The van der Waals surface area contributed by atoms with Crippen LogP contribution >= 0.6 is 11.6 Å². The highest BCUT2D eigenvalue weighted by molar-refractivity contribution is 6.31. The Morgan fingerprint density at radius 1 is 1.30 bits per heavy atom. The summed E-state index contributed by atoms with van der Waals surface area (Å²) in [6.45, 7) is 9.12. The molecule has 33 heavy (non-hydrogen) atoms. The van der Waals surface area contributed by atoms with Gasteiger partial charge >= 0.3 is 0 Å². The summed E-state index contributed by atoms with van der Waals surface area (Å²) in [4.78, 5) is 16.8. The number of methoxy groups -OCH3 is 1. The van der Waals surface area contributed by atoms with Crippen molar-refractivity contribution < 1.29 is 13.9 Å². The van der Waals surface area contributed by atoms with Gasteiger partial charge in [0.25, 0.3) is 5.91 Å². The van der Waals surface area contributed by atoms with E-state index in [4.69, 9.17) is 16.3 Å². The summed E-state index contributed by atoms with van der Waals surface area (Å²) in [7, 11) is 1.67. The van der Waals surface area contributed by atoms with Gasteiger partial charge in [-0.2, -0.15) is 5.26 Å². The maximum Gasteiger partial charge on any atom is 0.264 e. The highest BCUT2D eigenvalue weighted by atomic mass is 35.5. The Bertz CT molecular complexity index is 1060. The molecule has 0 aliphatic carbocycles. The van der Waals surface area contributed by atoms with E-state index in [1.165, 1.54) is 6.07 Å². The van der Waals surface area contributed by atoms with Crippen LogP contribution in [0.2, 0.25) is 5.02 Å². The molecule has 2 aromatic rings. The zero-order valence-corrected chi connectivity index (χ0v) is 20.3. The number of hydrogen-bond donors (Lipinski definition) is 0. The summed E-state index contributed by atoms with van der Waals surface area (Å²) in [5.41, 5.74) is 3.47. The monoisotopic (exact) mass is 472 g/mol. The molecule has 1 unspecified atom stereocenters. The summed E-state index contributed by atoms with van der Waals surface area (Å²) in [6, 6.07) is 8.88. The summed E-state index contributed by atoms with van der Waals surface area (Å²) >= 11 is 6.14. The van der Waals surface area contributed by atoms with Crippen molar-refractivity contribution in [1.29, 1.82) is 5.26 Å². The first-order valence-electron chi connectivity index (χ1n) is 11.0. The molecule has 1 saturated heterocycles. The second-order valence-electron chi connectivity index (χ2n) is 8.44. The molecule has 1 atom stereocenters. The van der Waals surface area contributed by atoms with Crippen LogP contribution in [0.3, 0.4) is 0 Å². The third-order valence-corrected chi connectivity index (χ3v) is 6.48. The Balaban J connectivity index is 1.69. The van der Waals surface area contributed by atoms with E-state index in [2.05, 4.69) is 22.5 Å². The predicted octanol–water partition coefficient (Wildman–Crippen LogP) is 4.36. The third kappa shape index (κ3) is 5.64. The SMILES string of the molecule is COCC(C)n1c(C)cc(/C=C(/C#N)C(=O)N2CCN(Cc3c(F)cccc3Cl)CC2)c1C. The van der Waals surface area contributed by atoms with Gasteiger partial charge in [-0.1, -0.05) is 17.7 Å². The quantitative estimate of drug-likeness (QED) is 0.444. The van der Waals surface area contributed by atoms with E-state index >= 15 is 0 Å². The van der Waals surface area contributed by atoms with Gasteiger partial charge in [-0.15, -0.1) is 0 Å². The van der Waals surface area contributed by atoms with Gasteiger partial charge in [0.15, 0.2) is 0 Å². The van der Waals surface area contributed by atoms with Gasteiger partial charge in [0, 0.05) is 61.8 Å². The first-order chi connectivity index (χ1) is 15.8. The van der Waals surface area contributed by atoms with Crippen LogP contribution in [-0.4, -0.2) is 60.2 Å². The van der Waals surface area contributed by atoms with Crippen LogP contribution in [0.4, 0.5) is 4.39 Å². The smallest absolute Gasteiger partial charge is 0.264 e. The number of piperazine rings is 1. The van der Waals surface area contributed by atoms with E-state index in [0.29, 0.717) is 49.9 Å². The summed E-state index contributed by atoms with van der Waals surface area (Å²) < 4.78 is 21.5. The molecule has 0 radical (unpaired) electrons. The van der Waals surface area contributed by atoms with E-state index in [9.17, 15) is 14.4 Å². The van der Waals surface area contributed by atoms with Gasteiger partial charge in [-0.25, -0.2) is 4.39 Å². The molecule has 2 heterocycles. The molecule has 1 aliphatic rings. The number of amides is 1. The molecule has 6 nitrogen and oxygen atoms in total. The van der Waals surface area contributed by atoms with Gasteiger partial charge in [0.1, 0.15) is 17.5 Å². The molecule has 0 bridgehead atoms. The minimum Gasteiger partial charge on any atom is -0.383 e. The average molecular weight is 473 g/mol. The van der Waals surface area contributed by atoms with Crippen molar-refractivity contribution in [2.24, 2.45) is 0 Å². The number of benzene rings is 1. The highest BCUT2D eigenvalue weighted by Crippen LogP contribution is 2.24. The third-order valence-electron chi connectivity index (χ3n) is 6.13. The maximum atomic E-state index is 14.1. The normalized spacial score (nSPS) is 16.0. The molecule has 1 amide bonds. The number of ether oxygens (including phenoxy) is 1. The van der Waals surface area contributed by atoms with E-state index in [0.717, 1.165) is 17.0 Å². The van der Waals surface area contributed by atoms with Gasteiger partial charge in [-0.05, 0) is 50.6 Å². The fourth-order valence-corrected chi connectivity index (χ4v) is 4.65. The van der Waals surface area contributed by atoms with Crippen LogP contribution in [-0.2, 0) is 16.1 Å². The minimum atomic E-state index is -0.326. The van der Waals surface area contributed by atoms with Crippen molar-refractivity contribution in [2.75, 3.05) is 39.9 Å². The molecule has 1 aromatic heterocycles. The van der Waals surface area contributed by atoms with Crippen molar-refractivity contribution in [3.8, 4) is 6.07 Å². The lowest BCUT2D eigenvalue weighted by Gasteiger charge is -2.34. The number of carbonyl (C=O) groups is 1. The lowest BCUT2D eigenvalue weighted by Crippen LogP contribution is -2.48. The van der Waals surface area contributed by atoms with E-state index in [-0.39, 0.29) is 23.3 Å². The summed E-state index contributed by atoms with van der Waals surface area (Å²) in [5.74, 6) is -0.607. The van der Waals surface area contributed by atoms with Gasteiger partial charge in [0.2, 0.25) is 0 Å². The molecule has 1 aliphatic heterocycles. The molecule has 0 saturated carbocycles. The molecule has 1 aromatic carbocycles. The number of aromatic nitrogens is 1. The second kappa shape index (κ2) is 11.0. The van der Waals surface area contributed by atoms with Gasteiger partial charge in [0.05, 0.1) is 12.6 Å². The van der Waals surface area contributed by atoms with Crippen LogP contribution in [0, 0.1) is 31.0 Å². The molecule has 8 heteroatoms. The van der Waals surface area contributed by atoms with Crippen molar-refractivity contribution in [3.63, 3.8) is 0 Å². The first-order valence-corrected chi connectivity index (χ1v) is 11.4. The van der Waals surface area contributed by atoms with Crippen molar-refractivity contribution in [3.05, 3.63) is 63.2 Å². The predicted molar refractivity (Wildman–Crippen MR) is 127 cm³/mol. The molecular formula is C25H30ClFN4O2. The molecule has 3 rings (SSSR count). The van der Waals surface area contributed by atoms with Gasteiger partial charge in [-0.3, -0.25) is 9.69 Å². The Hall–Kier alpha value is -2.66. The zero-order chi connectivity index (χ0) is 24.1. The first kappa shape index (κ1) is 25.0. The van der Waals surface area contributed by atoms with E-state index < -0.39 is 0 Å². The molecule has 176 valence electrons. The topological polar surface area (TPSA) is 61.5 Å². The molecule has 0 N–H and O–H groups in total. The van der Waals surface area contributed by atoms with Crippen molar-refractivity contribution >= 4 is 23.6 Å². The van der Waals surface area contributed by atoms with Gasteiger partial charge < -0.3 is 14.2 Å². The summed E-state index contributed by atoms with van der Waals surface area (Å²) in [5, 5.41) is 10.1. The number of carbonyl (C=O) groups excluding carboxylic acids is 1. The number of hydrogen-bond acceptors (Lipinski definition) is 4. The number of nitrogens with zero attached hydrogens (tertiary/aromatic N) is 4. The zero-order valence-electron chi connectivity index (χ0n) is 19.6. The second-order valence-corrected chi connectivity index (χ2v) is 8.85. The van der Waals surface area contributed by atoms with Crippen molar-refractivity contribution in [1.82, 2.24) is 14.4 Å². The molecule has 1 fully saturated rings. The number of rotatable bonds is 7. The maximum absolute atomic E-state index is 14.1. The van der Waals surface area contributed by atoms with Crippen LogP contribution in [0.25, 0.3) is 6.08 Å². The number of halogens is 2. The number of nitriles is 1. The van der Waals surface area contributed by atoms with Crippen LogP contribution < -0.4 is 0 Å². The fourth-order valence-electron chi connectivity index (χ4n) is 4.43. The highest BCUT2D eigenvalue weighted by Gasteiger charge is 2.25. The number of aryl methyl sites for hydroxylation is 1. The Morgan fingerprint density at radius 2 is 2.00 bits per heavy atom. The Labute approximate surface area is 199 Å². The average Bonchev–Trinajstić information content (AvgIpc) is 3.07. The molecule has 0 spiro atoms. The lowest BCUT2D eigenvalue weighted by molar-refractivity contribution is -0.128. The Morgan fingerprint density at radius 3 is 2.61 bits per heavy atom. The summed E-state index contributed by atoms with van der Waals surface area (Å²) in [6.07, 6.45) is 1.67. The Kier molecular flexibility index (Phi) is 8.30. The van der Waals surface area contributed by atoms with Crippen LogP contribution in [0.5, 0.6) is 0 Å². The van der Waals surface area contributed by atoms with Crippen molar-refractivity contribution in [2.45, 2.75) is 33.4 Å². The lowest BCUT2D eigenvalue weighted by atomic mass is 10.1. The standard InChI is InChI=1S/C25H30ClFN4O2/c1-17-12-20(19(3)31(17)18(2)16-33-4)13-21(14-28)25(32)30-10-8-29(9-11-30)15-22-23(26)6-5-7-24(22)27/h5-7,12-13,18H,8-11,15-16H2,1-4H3/b21-13-.